The maximum absolute atomic E-state index is 9.48. The molecule has 2 aromatic rings. The van der Waals surface area contributed by atoms with Gasteiger partial charge in [-0.25, -0.2) is 4.68 Å². The maximum atomic E-state index is 9.48. The number of ether oxygens (including phenoxy) is 1. The molecule has 1 unspecified atom stereocenters. The molecule has 1 aromatic heterocycles. The molecule has 1 aromatic carbocycles. The Balaban J connectivity index is 1.64. The summed E-state index contributed by atoms with van der Waals surface area (Å²) in [5, 5.41) is 14.0. The number of allylic oxidation sites excluding steroid dienone is 1. The van der Waals surface area contributed by atoms with Crippen LogP contribution in [0, 0.1) is 0 Å². The van der Waals surface area contributed by atoms with Crippen LogP contribution in [0.2, 0.25) is 0 Å². The van der Waals surface area contributed by atoms with Crippen molar-refractivity contribution < 1.29 is 9.84 Å². The zero-order valence-corrected chi connectivity index (χ0v) is 17.2. The molecule has 1 fully saturated rings. The molecule has 152 valence electrons. The molecule has 2 heterocycles. The number of aromatic nitrogens is 2. The molecule has 0 saturated carbocycles. The van der Waals surface area contributed by atoms with Crippen molar-refractivity contribution >= 4 is 0 Å². The highest BCUT2D eigenvalue weighted by Gasteiger charge is 2.26. The zero-order valence-electron chi connectivity index (χ0n) is 17.2. The summed E-state index contributed by atoms with van der Waals surface area (Å²) < 4.78 is 7.33. The highest BCUT2D eigenvalue weighted by Crippen LogP contribution is 2.22. The first kappa shape index (κ1) is 20.6. The third-order valence-corrected chi connectivity index (χ3v) is 5.26. The van der Waals surface area contributed by atoms with Crippen molar-refractivity contribution in [2.75, 3.05) is 39.9 Å². The van der Waals surface area contributed by atoms with Crippen molar-refractivity contribution in [2.24, 2.45) is 0 Å². The summed E-state index contributed by atoms with van der Waals surface area (Å²) in [6.07, 6.45) is 7.10. The lowest BCUT2D eigenvalue weighted by Gasteiger charge is -2.41. The van der Waals surface area contributed by atoms with Crippen molar-refractivity contribution in [1.82, 2.24) is 19.6 Å². The van der Waals surface area contributed by atoms with Crippen LogP contribution in [0.25, 0.3) is 5.69 Å². The number of hydrogen-bond donors (Lipinski definition) is 1. The van der Waals surface area contributed by atoms with E-state index in [1.807, 2.05) is 35.1 Å². The molecular formula is C22H32N4O2. The Bertz CT molecular complexity index is 782. The van der Waals surface area contributed by atoms with E-state index in [4.69, 9.17) is 4.74 Å². The van der Waals surface area contributed by atoms with Gasteiger partial charge in [0.25, 0.3) is 0 Å². The molecule has 6 heteroatoms. The Kier molecular flexibility index (Phi) is 7.25. The largest absolute Gasteiger partial charge is 0.494 e. The maximum Gasteiger partial charge on any atom is 0.144 e. The van der Waals surface area contributed by atoms with E-state index in [0.29, 0.717) is 6.04 Å². The number of aliphatic hydroxyl groups excluding tert-OH is 1. The highest BCUT2D eigenvalue weighted by molar-refractivity contribution is 5.46. The minimum absolute atomic E-state index is 0.232. The third-order valence-electron chi connectivity index (χ3n) is 5.26. The Labute approximate surface area is 168 Å². The van der Waals surface area contributed by atoms with E-state index in [1.165, 1.54) is 11.1 Å². The summed E-state index contributed by atoms with van der Waals surface area (Å²) in [5.41, 5.74) is 3.47. The Morgan fingerprint density at radius 3 is 2.86 bits per heavy atom. The molecule has 28 heavy (non-hydrogen) atoms. The lowest BCUT2D eigenvalue weighted by molar-refractivity contribution is 0.0636. The molecule has 1 aliphatic heterocycles. The summed E-state index contributed by atoms with van der Waals surface area (Å²) in [5.74, 6) is 0.813. The number of piperazine rings is 1. The molecular weight excluding hydrogens is 352 g/mol. The predicted molar refractivity (Wildman–Crippen MR) is 112 cm³/mol. The molecule has 3 rings (SSSR count). The van der Waals surface area contributed by atoms with Gasteiger partial charge in [0, 0.05) is 57.1 Å². The van der Waals surface area contributed by atoms with E-state index >= 15 is 0 Å². The molecule has 0 bridgehead atoms. The highest BCUT2D eigenvalue weighted by atomic mass is 16.5. The fourth-order valence-corrected chi connectivity index (χ4v) is 3.71. The van der Waals surface area contributed by atoms with Gasteiger partial charge in [0.15, 0.2) is 0 Å². The molecule has 0 amide bonds. The molecule has 1 saturated heterocycles. The van der Waals surface area contributed by atoms with E-state index in [0.717, 1.165) is 50.6 Å². The fraction of sp³-hybridized carbons (Fsp3) is 0.500. The van der Waals surface area contributed by atoms with E-state index < -0.39 is 0 Å². The van der Waals surface area contributed by atoms with Crippen LogP contribution >= 0.6 is 0 Å². The van der Waals surface area contributed by atoms with Gasteiger partial charge in [0.05, 0.1) is 13.3 Å². The first-order valence-electron chi connectivity index (χ1n) is 9.98. The summed E-state index contributed by atoms with van der Waals surface area (Å²) in [6.45, 7) is 9.35. The molecule has 1 aliphatic rings. The van der Waals surface area contributed by atoms with E-state index in [1.54, 1.807) is 7.11 Å². The minimum atomic E-state index is 0.232. The van der Waals surface area contributed by atoms with E-state index in [-0.39, 0.29) is 6.61 Å². The minimum Gasteiger partial charge on any atom is -0.494 e. The van der Waals surface area contributed by atoms with Crippen molar-refractivity contribution in [2.45, 2.75) is 32.9 Å². The molecule has 0 aliphatic carbocycles. The monoisotopic (exact) mass is 384 g/mol. The van der Waals surface area contributed by atoms with Crippen LogP contribution in [0.15, 0.2) is 48.3 Å². The number of methoxy groups -OCH3 is 1. The Hall–Kier alpha value is -2.15. The van der Waals surface area contributed by atoms with Crippen LogP contribution in [0.3, 0.4) is 0 Å². The van der Waals surface area contributed by atoms with Gasteiger partial charge in [-0.05, 0) is 32.4 Å². The number of nitrogens with zero attached hydrogens (tertiary/aromatic N) is 4. The number of para-hydroxylation sites is 2. The molecule has 0 radical (unpaired) electrons. The van der Waals surface area contributed by atoms with Gasteiger partial charge in [-0.3, -0.25) is 9.80 Å². The summed E-state index contributed by atoms with van der Waals surface area (Å²) >= 11 is 0. The average molecular weight is 385 g/mol. The number of hydrogen-bond acceptors (Lipinski definition) is 5. The van der Waals surface area contributed by atoms with Crippen LogP contribution in [0.4, 0.5) is 0 Å². The Morgan fingerprint density at radius 1 is 1.29 bits per heavy atom. The quantitative estimate of drug-likeness (QED) is 0.709. The number of aliphatic hydroxyl groups is 1. The summed E-state index contributed by atoms with van der Waals surface area (Å²) in [6, 6.07) is 8.29. The normalized spacial score (nSPS) is 18.2. The zero-order chi connectivity index (χ0) is 19.9. The second kappa shape index (κ2) is 9.87. The Morgan fingerprint density at radius 2 is 2.11 bits per heavy atom. The van der Waals surface area contributed by atoms with Gasteiger partial charge in [0.2, 0.25) is 0 Å². The topological polar surface area (TPSA) is 53.8 Å². The lowest BCUT2D eigenvalue weighted by Crippen LogP contribution is -2.53. The fourth-order valence-electron chi connectivity index (χ4n) is 3.71. The van der Waals surface area contributed by atoms with Crippen molar-refractivity contribution in [1.29, 1.82) is 0 Å². The number of benzene rings is 1. The second-order valence-electron chi connectivity index (χ2n) is 7.64. The van der Waals surface area contributed by atoms with Crippen molar-refractivity contribution in [3.05, 3.63) is 53.9 Å². The van der Waals surface area contributed by atoms with Gasteiger partial charge in [0.1, 0.15) is 11.4 Å². The van der Waals surface area contributed by atoms with Gasteiger partial charge in [-0.1, -0.05) is 23.8 Å². The van der Waals surface area contributed by atoms with Crippen LogP contribution in [0.5, 0.6) is 5.75 Å². The SMILES string of the molecule is COc1ccccc1-n1cc(CN2CCN(CC=C(C)C)C(CCO)C2)cn1. The van der Waals surface area contributed by atoms with E-state index in [2.05, 4.69) is 41.0 Å². The first-order chi connectivity index (χ1) is 13.6. The van der Waals surface area contributed by atoms with Crippen LogP contribution in [-0.4, -0.2) is 70.6 Å². The molecule has 1 N–H and O–H groups in total. The van der Waals surface area contributed by atoms with Gasteiger partial charge >= 0.3 is 0 Å². The molecule has 0 spiro atoms. The van der Waals surface area contributed by atoms with Crippen molar-refractivity contribution in [3.63, 3.8) is 0 Å². The van der Waals surface area contributed by atoms with Gasteiger partial charge in [-0.2, -0.15) is 5.10 Å². The van der Waals surface area contributed by atoms with Crippen LogP contribution in [-0.2, 0) is 6.54 Å². The summed E-state index contributed by atoms with van der Waals surface area (Å²) in [4.78, 5) is 4.95. The van der Waals surface area contributed by atoms with Gasteiger partial charge in [-0.15, -0.1) is 0 Å². The van der Waals surface area contributed by atoms with Crippen LogP contribution in [0.1, 0.15) is 25.8 Å². The smallest absolute Gasteiger partial charge is 0.144 e. The summed E-state index contributed by atoms with van der Waals surface area (Å²) in [7, 11) is 1.68. The first-order valence-corrected chi connectivity index (χ1v) is 9.98. The second-order valence-corrected chi connectivity index (χ2v) is 7.64. The standard InChI is InChI=1S/C22H32N4O2/c1-18(2)8-10-25-12-11-24(17-20(25)9-13-27)15-19-14-23-26(16-19)21-6-4-5-7-22(21)28-3/h4-8,14,16,20,27H,9-13,15,17H2,1-3H3. The predicted octanol–water partition coefficient (Wildman–Crippen LogP) is 2.72. The number of rotatable bonds is 8. The van der Waals surface area contributed by atoms with Crippen LogP contribution < -0.4 is 4.74 Å². The third kappa shape index (κ3) is 5.22. The van der Waals surface area contributed by atoms with Crippen molar-refractivity contribution in [3.8, 4) is 11.4 Å². The van der Waals surface area contributed by atoms with Gasteiger partial charge < -0.3 is 9.84 Å². The lowest BCUT2D eigenvalue weighted by atomic mass is 10.1. The molecule has 6 nitrogen and oxygen atoms in total. The van der Waals surface area contributed by atoms with E-state index in [9.17, 15) is 5.11 Å². The average Bonchev–Trinajstić information content (AvgIpc) is 3.15. The molecule has 1 atom stereocenters.